The third kappa shape index (κ3) is 4.12. The van der Waals surface area contributed by atoms with Crippen molar-refractivity contribution in [3.05, 3.63) is 47.5 Å². The lowest BCUT2D eigenvalue weighted by Gasteiger charge is -2.34. The fourth-order valence-corrected chi connectivity index (χ4v) is 2.75. The van der Waals surface area contributed by atoms with Crippen molar-refractivity contribution in [1.29, 1.82) is 0 Å². The van der Waals surface area contributed by atoms with E-state index >= 15 is 0 Å². The lowest BCUT2D eigenvalue weighted by Crippen LogP contribution is -2.39. The number of nitrogens with one attached hydrogen (secondary N) is 1. The first-order chi connectivity index (χ1) is 11.6. The molecule has 0 bridgehead atoms. The van der Waals surface area contributed by atoms with Crippen molar-refractivity contribution in [3.8, 4) is 5.75 Å². The van der Waals surface area contributed by atoms with Crippen LogP contribution in [0.2, 0.25) is 0 Å². The van der Waals surface area contributed by atoms with Crippen LogP contribution in [0.5, 0.6) is 5.75 Å². The van der Waals surface area contributed by atoms with Gasteiger partial charge >= 0.3 is 5.97 Å². The monoisotopic (exact) mass is 331 g/mol. The Bertz CT molecular complexity index is 683. The number of aromatic amines is 1. The van der Waals surface area contributed by atoms with Gasteiger partial charge < -0.3 is 19.6 Å². The highest BCUT2D eigenvalue weighted by Crippen LogP contribution is 2.24. The van der Waals surface area contributed by atoms with E-state index in [1.807, 2.05) is 25.3 Å². The summed E-state index contributed by atoms with van der Waals surface area (Å²) in [6.45, 7) is 4.58. The summed E-state index contributed by atoms with van der Waals surface area (Å²) in [5, 5.41) is 8.63. The van der Waals surface area contributed by atoms with E-state index in [1.54, 1.807) is 12.1 Å². The van der Waals surface area contributed by atoms with Gasteiger partial charge in [-0.1, -0.05) is 12.1 Å². The molecule has 2 aromatic rings. The Labute approximate surface area is 140 Å². The molecular formula is C17H21N3O4. The SMILES string of the molecule is Cc1cnc([C@@H]2COCCN2Cc2ccc(OCC(=O)O)cc2)[nH]1. The number of carboxylic acids is 1. The minimum atomic E-state index is -0.982. The summed E-state index contributed by atoms with van der Waals surface area (Å²) >= 11 is 0. The second-order valence-electron chi connectivity index (χ2n) is 5.84. The van der Waals surface area contributed by atoms with E-state index in [9.17, 15) is 4.79 Å². The van der Waals surface area contributed by atoms with Crippen molar-refractivity contribution in [2.75, 3.05) is 26.4 Å². The summed E-state index contributed by atoms with van der Waals surface area (Å²) in [5.74, 6) is 0.499. The number of morpholine rings is 1. The molecule has 2 N–H and O–H groups in total. The van der Waals surface area contributed by atoms with E-state index in [-0.39, 0.29) is 12.6 Å². The van der Waals surface area contributed by atoms with Crippen LogP contribution in [0.1, 0.15) is 23.1 Å². The van der Waals surface area contributed by atoms with Crippen molar-refractivity contribution < 1.29 is 19.4 Å². The van der Waals surface area contributed by atoms with E-state index in [0.29, 0.717) is 19.0 Å². The predicted octanol–water partition coefficient (Wildman–Crippen LogP) is 1.76. The molecular weight excluding hydrogens is 310 g/mol. The Kier molecular flexibility index (Phi) is 5.12. The maximum absolute atomic E-state index is 10.5. The summed E-state index contributed by atoms with van der Waals surface area (Å²) in [6.07, 6.45) is 1.83. The summed E-state index contributed by atoms with van der Waals surface area (Å²) < 4.78 is 10.8. The van der Waals surface area contributed by atoms with Gasteiger partial charge in [0.1, 0.15) is 11.6 Å². The van der Waals surface area contributed by atoms with Gasteiger partial charge in [0.25, 0.3) is 0 Å². The number of aryl methyl sites for hydroxylation is 1. The molecule has 1 saturated heterocycles. The highest BCUT2D eigenvalue weighted by molar-refractivity contribution is 5.68. The molecule has 0 spiro atoms. The maximum atomic E-state index is 10.5. The molecule has 1 aromatic carbocycles. The van der Waals surface area contributed by atoms with Crippen LogP contribution >= 0.6 is 0 Å². The van der Waals surface area contributed by atoms with Crippen LogP contribution in [0.15, 0.2) is 30.5 Å². The number of H-pyrrole nitrogens is 1. The number of benzene rings is 1. The third-order valence-corrected chi connectivity index (χ3v) is 3.95. The highest BCUT2D eigenvalue weighted by Gasteiger charge is 2.26. The van der Waals surface area contributed by atoms with Gasteiger partial charge in [0, 0.05) is 25.0 Å². The molecule has 24 heavy (non-hydrogen) atoms. The number of aliphatic carboxylic acids is 1. The molecule has 7 heteroatoms. The molecule has 1 aromatic heterocycles. The van der Waals surface area contributed by atoms with Gasteiger partial charge in [-0.2, -0.15) is 0 Å². The summed E-state index contributed by atoms with van der Waals surface area (Å²) in [5.41, 5.74) is 2.17. The van der Waals surface area contributed by atoms with Crippen LogP contribution in [0, 0.1) is 6.92 Å². The number of rotatable bonds is 6. The topological polar surface area (TPSA) is 87.7 Å². The number of nitrogens with zero attached hydrogens (tertiary/aromatic N) is 2. The molecule has 128 valence electrons. The molecule has 1 aliphatic heterocycles. The van der Waals surface area contributed by atoms with Gasteiger partial charge in [0.05, 0.1) is 19.3 Å². The molecule has 1 aliphatic rings. The van der Waals surface area contributed by atoms with Gasteiger partial charge in [-0.25, -0.2) is 9.78 Å². The lowest BCUT2D eigenvalue weighted by molar-refractivity contribution is -0.139. The Hall–Kier alpha value is -2.38. The number of carboxylic acid groups (broad SMARTS) is 1. The second-order valence-corrected chi connectivity index (χ2v) is 5.84. The van der Waals surface area contributed by atoms with Crippen LogP contribution in [0.4, 0.5) is 0 Å². The standard InChI is InChI=1S/C17H21N3O4/c1-12-8-18-17(19-12)15-10-23-7-6-20(15)9-13-2-4-14(5-3-13)24-11-16(21)22/h2-5,8,15H,6-7,9-11H2,1H3,(H,18,19)(H,21,22)/t15-/m0/s1. The first-order valence-corrected chi connectivity index (χ1v) is 7.88. The van der Waals surface area contributed by atoms with E-state index < -0.39 is 5.97 Å². The average Bonchev–Trinajstić information content (AvgIpc) is 3.01. The summed E-state index contributed by atoms with van der Waals surface area (Å²) in [7, 11) is 0. The zero-order valence-electron chi connectivity index (χ0n) is 13.6. The summed E-state index contributed by atoms with van der Waals surface area (Å²) in [4.78, 5) is 20.6. The number of imidazole rings is 1. The largest absolute Gasteiger partial charge is 0.482 e. The van der Waals surface area contributed by atoms with Gasteiger partial charge in [-0.3, -0.25) is 4.90 Å². The molecule has 0 saturated carbocycles. The molecule has 1 atom stereocenters. The zero-order valence-corrected chi connectivity index (χ0v) is 13.6. The average molecular weight is 331 g/mol. The van der Waals surface area contributed by atoms with Crippen LogP contribution in [0.25, 0.3) is 0 Å². The van der Waals surface area contributed by atoms with E-state index in [2.05, 4.69) is 14.9 Å². The highest BCUT2D eigenvalue weighted by atomic mass is 16.5. The Morgan fingerprint density at radius 2 is 2.25 bits per heavy atom. The Balaban J connectivity index is 1.65. The molecule has 0 unspecified atom stereocenters. The fourth-order valence-electron chi connectivity index (χ4n) is 2.75. The second kappa shape index (κ2) is 7.46. The molecule has 3 rings (SSSR count). The van der Waals surface area contributed by atoms with Crippen LogP contribution in [0.3, 0.4) is 0 Å². The minimum Gasteiger partial charge on any atom is -0.482 e. The summed E-state index contributed by atoms with van der Waals surface area (Å²) in [6, 6.07) is 7.61. The normalized spacial score (nSPS) is 18.5. The van der Waals surface area contributed by atoms with E-state index in [1.165, 1.54) is 0 Å². The zero-order chi connectivity index (χ0) is 16.9. The smallest absolute Gasteiger partial charge is 0.341 e. The van der Waals surface area contributed by atoms with Crippen molar-refractivity contribution in [2.45, 2.75) is 19.5 Å². The van der Waals surface area contributed by atoms with Crippen molar-refractivity contribution in [3.63, 3.8) is 0 Å². The van der Waals surface area contributed by atoms with E-state index in [4.69, 9.17) is 14.6 Å². The molecule has 0 aliphatic carbocycles. The van der Waals surface area contributed by atoms with Crippen LogP contribution < -0.4 is 4.74 Å². The van der Waals surface area contributed by atoms with Crippen LogP contribution in [-0.4, -0.2) is 52.3 Å². The number of ether oxygens (including phenoxy) is 2. The number of hydrogen-bond donors (Lipinski definition) is 2. The fraction of sp³-hybridized carbons (Fsp3) is 0.412. The maximum Gasteiger partial charge on any atom is 0.341 e. The van der Waals surface area contributed by atoms with Crippen molar-refractivity contribution in [2.24, 2.45) is 0 Å². The molecule has 7 nitrogen and oxygen atoms in total. The first-order valence-electron chi connectivity index (χ1n) is 7.88. The van der Waals surface area contributed by atoms with E-state index in [0.717, 1.165) is 30.2 Å². The lowest BCUT2D eigenvalue weighted by atomic mass is 10.1. The Morgan fingerprint density at radius 1 is 1.46 bits per heavy atom. The molecule has 2 heterocycles. The van der Waals surface area contributed by atoms with Gasteiger partial charge in [-0.15, -0.1) is 0 Å². The number of carbonyl (C=O) groups is 1. The number of hydrogen-bond acceptors (Lipinski definition) is 5. The quantitative estimate of drug-likeness (QED) is 0.838. The molecule has 0 amide bonds. The minimum absolute atomic E-state index is 0.107. The molecule has 1 fully saturated rings. The van der Waals surface area contributed by atoms with Gasteiger partial charge in [0.2, 0.25) is 0 Å². The Morgan fingerprint density at radius 3 is 2.92 bits per heavy atom. The van der Waals surface area contributed by atoms with Crippen molar-refractivity contribution in [1.82, 2.24) is 14.9 Å². The molecule has 0 radical (unpaired) electrons. The predicted molar refractivity (Wildman–Crippen MR) is 86.9 cm³/mol. The van der Waals surface area contributed by atoms with Crippen LogP contribution in [-0.2, 0) is 16.1 Å². The van der Waals surface area contributed by atoms with Crippen molar-refractivity contribution >= 4 is 5.97 Å². The third-order valence-electron chi connectivity index (χ3n) is 3.95. The van der Waals surface area contributed by atoms with Gasteiger partial charge in [0.15, 0.2) is 6.61 Å². The van der Waals surface area contributed by atoms with Gasteiger partial charge in [-0.05, 0) is 24.6 Å². The number of aromatic nitrogens is 2. The first kappa shape index (κ1) is 16.5.